The average Bonchev–Trinajstić information content (AvgIpc) is 3.22. The molecule has 0 spiro atoms. The molecule has 1 aliphatic rings. The summed E-state index contributed by atoms with van der Waals surface area (Å²) in [5.41, 5.74) is 3.84. The Balaban J connectivity index is 1.87. The molecule has 1 nitrogen and oxygen atoms in total. The van der Waals surface area contributed by atoms with Crippen LogP contribution in [0.4, 0.5) is 0 Å². The fourth-order valence-corrected chi connectivity index (χ4v) is 2.04. The minimum atomic E-state index is 0.743. The molecule has 0 heterocycles. The van der Waals surface area contributed by atoms with E-state index >= 15 is 0 Å². The highest BCUT2D eigenvalue weighted by atomic mass is 14.9. The van der Waals surface area contributed by atoms with Crippen LogP contribution in [-0.4, -0.2) is 6.04 Å². The number of hydrogen-bond donors (Lipinski definition) is 1. The van der Waals surface area contributed by atoms with Crippen molar-refractivity contribution in [2.24, 2.45) is 0 Å². The normalized spacial score (nSPS) is 14.8. The van der Waals surface area contributed by atoms with Gasteiger partial charge in [-0.25, -0.2) is 0 Å². The third kappa shape index (κ3) is 2.56. The minimum absolute atomic E-state index is 0.743. The Morgan fingerprint density at radius 1 is 1.06 bits per heavy atom. The van der Waals surface area contributed by atoms with Gasteiger partial charge in [0.1, 0.15) is 0 Å². The highest BCUT2D eigenvalue weighted by Gasteiger charge is 2.20. The SMILES string of the molecule is [c]1cccc(-c2ccccc2)c1CNC1CC1. The van der Waals surface area contributed by atoms with Crippen LogP contribution in [0, 0.1) is 6.07 Å². The summed E-state index contributed by atoms with van der Waals surface area (Å²) in [5.74, 6) is 0. The van der Waals surface area contributed by atoms with Gasteiger partial charge in [-0.3, -0.25) is 0 Å². The molecular formula is C16H16N. The topological polar surface area (TPSA) is 12.0 Å². The molecule has 2 aromatic rings. The Morgan fingerprint density at radius 3 is 2.65 bits per heavy atom. The van der Waals surface area contributed by atoms with E-state index in [1.807, 2.05) is 6.07 Å². The second kappa shape index (κ2) is 4.72. The zero-order chi connectivity index (χ0) is 11.5. The molecule has 85 valence electrons. The first-order valence-electron chi connectivity index (χ1n) is 6.22. The van der Waals surface area contributed by atoms with Crippen molar-refractivity contribution in [3.8, 4) is 11.1 Å². The van der Waals surface area contributed by atoms with Crippen LogP contribution in [0.3, 0.4) is 0 Å². The maximum atomic E-state index is 3.55. The van der Waals surface area contributed by atoms with Crippen molar-refractivity contribution in [3.63, 3.8) is 0 Å². The Morgan fingerprint density at radius 2 is 1.88 bits per heavy atom. The number of hydrogen-bond acceptors (Lipinski definition) is 1. The van der Waals surface area contributed by atoms with E-state index in [9.17, 15) is 0 Å². The quantitative estimate of drug-likeness (QED) is 0.836. The molecule has 17 heavy (non-hydrogen) atoms. The molecule has 1 saturated carbocycles. The van der Waals surface area contributed by atoms with Gasteiger partial charge in [-0.05, 0) is 35.6 Å². The van der Waals surface area contributed by atoms with E-state index in [4.69, 9.17) is 0 Å². The van der Waals surface area contributed by atoms with Gasteiger partial charge in [0, 0.05) is 12.6 Å². The zero-order valence-corrected chi connectivity index (χ0v) is 9.82. The summed E-state index contributed by atoms with van der Waals surface area (Å²) in [6.45, 7) is 0.926. The molecule has 1 N–H and O–H groups in total. The molecule has 2 aromatic carbocycles. The fraction of sp³-hybridized carbons (Fsp3) is 0.250. The molecule has 1 heteroatoms. The Hall–Kier alpha value is -1.60. The van der Waals surface area contributed by atoms with Gasteiger partial charge in [0.2, 0.25) is 0 Å². The highest BCUT2D eigenvalue weighted by Crippen LogP contribution is 2.24. The van der Waals surface area contributed by atoms with Gasteiger partial charge in [0.25, 0.3) is 0 Å². The summed E-state index contributed by atoms with van der Waals surface area (Å²) < 4.78 is 0. The van der Waals surface area contributed by atoms with Crippen molar-refractivity contribution in [3.05, 3.63) is 60.2 Å². The zero-order valence-electron chi connectivity index (χ0n) is 9.82. The van der Waals surface area contributed by atoms with Crippen LogP contribution in [0.15, 0.2) is 48.5 Å². The van der Waals surface area contributed by atoms with Crippen LogP contribution in [0.1, 0.15) is 18.4 Å². The lowest BCUT2D eigenvalue weighted by atomic mass is 10.00. The minimum Gasteiger partial charge on any atom is -0.310 e. The van der Waals surface area contributed by atoms with Crippen LogP contribution in [0.25, 0.3) is 11.1 Å². The third-order valence-corrected chi connectivity index (χ3v) is 3.17. The lowest BCUT2D eigenvalue weighted by Gasteiger charge is -2.09. The van der Waals surface area contributed by atoms with Crippen molar-refractivity contribution >= 4 is 0 Å². The van der Waals surface area contributed by atoms with Crippen molar-refractivity contribution in [1.82, 2.24) is 5.32 Å². The Labute approximate surface area is 102 Å². The van der Waals surface area contributed by atoms with Crippen LogP contribution in [-0.2, 0) is 6.54 Å². The summed E-state index contributed by atoms with van der Waals surface area (Å²) in [7, 11) is 0. The predicted octanol–water partition coefficient (Wildman–Crippen LogP) is 3.41. The maximum absolute atomic E-state index is 3.55. The summed E-state index contributed by atoms with van der Waals surface area (Å²) in [6.07, 6.45) is 2.65. The van der Waals surface area contributed by atoms with E-state index in [-0.39, 0.29) is 0 Å². The maximum Gasteiger partial charge on any atom is 0.0220 e. The van der Waals surface area contributed by atoms with Crippen molar-refractivity contribution in [1.29, 1.82) is 0 Å². The van der Waals surface area contributed by atoms with E-state index in [2.05, 4.69) is 53.8 Å². The second-order valence-electron chi connectivity index (χ2n) is 4.58. The van der Waals surface area contributed by atoms with Crippen LogP contribution in [0.2, 0.25) is 0 Å². The van der Waals surface area contributed by atoms with E-state index < -0.39 is 0 Å². The second-order valence-corrected chi connectivity index (χ2v) is 4.58. The monoisotopic (exact) mass is 222 g/mol. The predicted molar refractivity (Wildman–Crippen MR) is 70.6 cm³/mol. The van der Waals surface area contributed by atoms with E-state index in [0.717, 1.165) is 12.6 Å². The van der Waals surface area contributed by atoms with Crippen molar-refractivity contribution in [2.45, 2.75) is 25.4 Å². The molecule has 0 aromatic heterocycles. The van der Waals surface area contributed by atoms with E-state index in [1.165, 1.54) is 29.5 Å². The van der Waals surface area contributed by atoms with Crippen LogP contribution < -0.4 is 5.32 Å². The van der Waals surface area contributed by atoms with E-state index in [1.54, 1.807) is 0 Å². The number of nitrogens with one attached hydrogen (secondary N) is 1. The molecule has 0 aliphatic heterocycles. The van der Waals surface area contributed by atoms with Gasteiger partial charge < -0.3 is 5.32 Å². The largest absolute Gasteiger partial charge is 0.310 e. The molecule has 1 fully saturated rings. The molecule has 0 amide bonds. The molecule has 1 radical (unpaired) electrons. The first-order chi connectivity index (χ1) is 8.43. The first kappa shape index (κ1) is 10.5. The lowest BCUT2D eigenvalue weighted by Crippen LogP contribution is -2.15. The van der Waals surface area contributed by atoms with Crippen molar-refractivity contribution in [2.75, 3.05) is 0 Å². The van der Waals surface area contributed by atoms with Gasteiger partial charge in [-0.2, -0.15) is 0 Å². The van der Waals surface area contributed by atoms with Gasteiger partial charge in [0.05, 0.1) is 0 Å². The Bertz CT molecular complexity index is 486. The molecule has 3 rings (SSSR count). The molecule has 0 atom stereocenters. The smallest absolute Gasteiger partial charge is 0.0220 e. The van der Waals surface area contributed by atoms with Gasteiger partial charge in [-0.1, -0.05) is 48.5 Å². The van der Waals surface area contributed by atoms with Gasteiger partial charge in [0.15, 0.2) is 0 Å². The Kier molecular flexibility index (Phi) is 2.93. The average molecular weight is 222 g/mol. The standard InChI is InChI=1S/C16H16N/c1-2-6-13(7-3-1)16-9-5-4-8-14(16)12-17-15-10-11-15/h1-7,9,15,17H,10-12H2. The summed E-state index contributed by atoms with van der Waals surface area (Å²) in [5, 5.41) is 3.55. The molecule has 1 aliphatic carbocycles. The highest BCUT2D eigenvalue weighted by molar-refractivity contribution is 5.66. The lowest BCUT2D eigenvalue weighted by molar-refractivity contribution is 0.688. The van der Waals surface area contributed by atoms with Crippen molar-refractivity contribution < 1.29 is 0 Å². The molecule has 0 saturated heterocycles. The van der Waals surface area contributed by atoms with Crippen LogP contribution >= 0.6 is 0 Å². The van der Waals surface area contributed by atoms with Crippen LogP contribution in [0.5, 0.6) is 0 Å². The summed E-state index contributed by atoms with van der Waals surface area (Å²) in [4.78, 5) is 0. The van der Waals surface area contributed by atoms with E-state index in [0.29, 0.717) is 0 Å². The molecule has 0 unspecified atom stereocenters. The third-order valence-electron chi connectivity index (χ3n) is 3.17. The summed E-state index contributed by atoms with van der Waals surface area (Å²) >= 11 is 0. The molecular weight excluding hydrogens is 206 g/mol. The summed E-state index contributed by atoms with van der Waals surface area (Å²) in [6, 6.07) is 20.9. The fourth-order valence-electron chi connectivity index (χ4n) is 2.04. The van der Waals surface area contributed by atoms with Gasteiger partial charge >= 0.3 is 0 Å². The first-order valence-corrected chi connectivity index (χ1v) is 6.22. The number of benzene rings is 2. The van der Waals surface area contributed by atoms with Gasteiger partial charge in [-0.15, -0.1) is 0 Å². The number of rotatable bonds is 4. The molecule has 0 bridgehead atoms.